The SMILES string of the molecule is Cc1cc(Cl)c(OCCCCOc2ncnc3ccccc23)c(Cl)c1. The van der Waals surface area contributed by atoms with Crippen molar-refractivity contribution in [3.8, 4) is 11.6 Å². The molecule has 0 spiro atoms. The second-order valence-electron chi connectivity index (χ2n) is 5.66. The van der Waals surface area contributed by atoms with E-state index in [9.17, 15) is 0 Å². The number of fused-ring (bicyclic) bond motifs is 1. The number of aromatic nitrogens is 2. The summed E-state index contributed by atoms with van der Waals surface area (Å²) in [5.41, 5.74) is 1.88. The van der Waals surface area contributed by atoms with Crippen LogP contribution in [-0.4, -0.2) is 23.2 Å². The van der Waals surface area contributed by atoms with Crippen LogP contribution in [0.3, 0.4) is 0 Å². The second-order valence-corrected chi connectivity index (χ2v) is 6.47. The lowest BCUT2D eigenvalue weighted by atomic mass is 10.2. The largest absolute Gasteiger partial charge is 0.490 e. The average Bonchev–Trinajstić information content (AvgIpc) is 2.59. The van der Waals surface area contributed by atoms with E-state index in [2.05, 4.69) is 9.97 Å². The molecule has 0 N–H and O–H groups in total. The van der Waals surface area contributed by atoms with Gasteiger partial charge in [-0.15, -0.1) is 0 Å². The molecule has 6 heteroatoms. The third-order valence-electron chi connectivity index (χ3n) is 3.67. The molecule has 0 radical (unpaired) electrons. The third kappa shape index (κ3) is 4.53. The molecule has 0 fully saturated rings. The van der Waals surface area contributed by atoms with E-state index in [-0.39, 0.29) is 0 Å². The van der Waals surface area contributed by atoms with E-state index in [0.717, 1.165) is 29.3 Å². The lowest BCUT2D eigenvalue weighted by molar-refractivity contribution is 0.263. The molecule has 3 rings (SSSR count). The number of hydrogen-bond donors (Lipinski definition) is 0. The Morgan fingerprint density at radius 2 is 1.60 bits per heavy atom. The fraction of sp³-hybridized carbons (Fsp3) is 0.263. The first-order valence-corrected chi connectivity index (χ1v) is 8.82. The molecule has 4 nitrogen and oxygen atoms in total. The normalized spacial score (nSPS) is 10.8. The van der Waals surface area contributed by atoms with Gasteiger partial charge in [0.1, 0.15) is 6.33 Å². The Morgan fingerprint density at radius 3 is 2.36 bits per heavy atom. The number of rotatable bonds is 7. The van der Waals surface area contributed by atoms with Gasteiger partial charge in [-0.1, -0.05) is 35.3 Å². The maximum atomic E-state index is 6.16. The van der Waals surface area contributed by atoms with Crippen molar-refractivity contribution in [2.75, 3.05) is 13.2 Å². The Bertz CT molecular complexity index is 843. The van der Waals surface area contributed by atoms with Crippen LogP contribution >= 0.6 is 23.2 Å². The lowest BCUT2D eigenvalue weighted by Crippen LogP contribution is -2.04. The van der Waals surface area contributed by atoms with Gasteiger partial charge in [-0.2, -0.15) is 0 Å². The van der Waals surface area contributed by atoms with Crippen LogP contribution in [0.2, 0.25) is 10.0 Å². The van der Waals surface area contributed by atoms with Gasteiger partial charge in [0.25, 0.3) is 0 Å². The first kappa shape index (κ1) is 17.8. The topological polar surface area (TPSA) is 44.2 Å². The molecule has 1 heterocycles. The Kier molecular flexibility index (Phi) is 5.95. The summed E-state index contributed by atoms with van der Waals surface area (Å²) in [5, 5.41) is 1.99. The monoisotopic (exact) mass is 376 g/mol. The zero-order valence-electron chi connectivity index (χ0n) is 13.8. The zero-order chi connectivity index (χ0) is 17.6. The molecule has 25 heavy (non-hydrogen) atoms. The van der Waals surface area contributed by atoms with E-state index < -0.39 is 0 Å². The smallest absolute Gasteiger partial charge is 0.224 e. The van der Waals surface area contributed by atoms with Crippen molar-refractivity contribution in [1.82, 2.24) is 9.97 Å². The number of aryl methyl sites for hydroxylation is 1. The van der Waals surface area contributed by atoms with Gasteiger partial charge in [0.05, 0.1) is 34.2 Å². The van der Waals surface area contributed by atoms with Crippen LogP contribution < -0.4 is 9.47 Å². The molecule has 3 aromatic rings. The highest BCUT2D eigenvalue weighted by atomic mass is 35.5. The molecular weight excluding hydrogens is 359 g/mol. The first-order valence-electron chi connectivity index (χ1n) is 8.06. The predicted octanol–water partition coefficient (Wildman–Crippen LogP) is 5.48. The summed E-state index contributed by atoms with van der Waals surface area (Å²) in [6.45, 7) is 3.02. The van der Waals surface area contributed by atoms with E-state index in [4.69, 9.17) is 32.7 Å². The predicted molar refractivity (Wildman–Crippen MR) is 101 cm³/mol. The highest BCUT2D eigenvalue weighted by molar-refractivity contribution is 6.37. The summed E-state index contributed by atoms with van der Waals surface area (Å²) in [4.78, 5) is 8.42. The van der Waals surface area contributed by atoms with Gasteiger partial charge < -0.3 is 9.47 Å². The molecule has 130 valence electrons. The van der Waals surface area contributed by atoms with Crippen LogP contribution in [-0.2, 0) is 0 Å². The van der Waals surface area contributed by atoms with Crippen molar-refractivity contribution < 1.29 is 9.47 Å². The van der Waals surface area contributed by atoms with Gasteiger partial charge >= 0.3 is 0 Å². The maximum Gasteiger partial charge on any atom is 0.224 e. The van der Waals surface area contributed by atoms with E-state index in [1.54, 1.807) is 0 Å². The van der Waals surface area contributed by atoms with E-state index in [1.165, 1.54) is 6.33 Å². The molecule has 2 aromatic carbocycles. The molecule has 0 atom stereocenters. The Balaban J connectivity index is 1.46. The van der Waals surface area contributed by atoms with Crippen molar-refractivity contribution in [1.29, 1.82) is 0 Å². The summed E-state index contributed by atoms with van der Waals surface area (Å²) in [7, 11) is 0. The summed E-state index contributed by atoms with van der Waals surface area (Å²) >= 11 is 12.3. The minimum absolute atomic E-state index is 0.524. The lowest BCUT2D eigenvalue weighted by Gasteiger charge is -2.11. The van der Waals surface area contributed by atoms with E-state index in [1.807, 2.05) is 43.3 Å². The number of ether oxygens (including phenoxy) is 2. The Hall–Kier alpha value is -2.04. The van der Waals surface area contributed by atoms with E-state index in [0.29, 0.717) is 34.9 Å². The molecule has 0 bridgehead atoms. The van der Waals surface area contributed by atoms with Gasteiger partial charge in [0.15, 0.2) is 5.75 Å². The summed E-state index contributed by atoms with van der Waals surface area (Å²) in [6.07, 6.45) is 3.17. The van der Waals surface area contributed by atoms with Crippen LogP contribution in [0.4, 0.5) is 0 Å². The number of halogens is 2. The highest BCUT2D eigenvalue weighted by Crippen LogP contribution is 2.34. The van der Waals surface area contributed by atoms with Gasteiger partial charge in [-0.3, -0.25) is 0 Å². The van der Waals surface area contributed by atoms with E-state index >= 15 is 0 Å². The van der Waals surface area contributed by atoms with Crippen LogP contribution in [0, 0.1) is 6.92 Å². The molecule has 0 saturated carbocycles. The summed E-state index contributed by atoms with van der Waals surface area (Å²) in [5.74, 6) is 1.15. The standard InChI is InChI=1S/C19H18Cl2N2O2/c1-13-10-15(20)18(16(21)11-13)24-8-4-5-9-25-19-14-6-2-3-7-17(14)22-12-23-19/h2-3,6-7,10-12H,4-5,8-9H2,1H3. The van der Waals surface area contributed by atoms with Crippen LogP contribution in [0.5, 0.6) is 11.6 Å². The first-order chi connectivity index (χ1) is 12.1. The molecular formula is C19H18Cl2N2O2. The maximum absolute atomic E-state index is 6.16. The van der Waals surface area contributed by atoms with Gasteiger partial charge in [-0.05, 0) is 49.6 Å². The Morgan fingerprint density at radius 1 is 0.920 bits per heavy atom. The summed E-state index contributed by atoms with van der Waals surface area (Å²) in [6, 6.07) is 11.5. The fourth-order valence-corrected chi connectivity index (χ4v) is 3.17. The number of nitrogens with zero attached hydrogens (tertiary/aromatic N) is 2. The second kappa shape index (κ2) is 8.37. The number of para-hydroxylation sites is 1. The van der Waals surface area contributed by atoms with Crippen LogP contribution in [0.25, 0.3) is 10.9 Å². The molecule has 0 aliphatic rings. The van der Waals surface area contributed by atoms with Crippen molar-refractivity contribution in [3.63, 3.8) is 0 Å². The third-order valence-corrected chi connectivity index (χ3v) is 4.23. The molecule has 0 unspecified atom stereocenters. The zero-order valence-corrected chi connectivity index (χ0v) is 15.3. The highest BCUT2D eigenvalue weighted by Gasteiger charge is 2.08. The van der Waals surface area contributed by atoms with Crippen molar-refractivity contribution in [2.24, 2.45) is 0 Å². The molecule has 0 aliphatic heterocycles. The molecule has 0 aliphatic carbocycles. The fourth-order valence-electron chi connectivity index (χ4n) is 2.47. The molecule has 0 amide bonds. The Labute approximate surface area is 156 Å². The quantitative estimate of drug-likeness (QED) is 0.511. The number of unbranched alkanes of at least 4 members (excludes halogenated alkanes) is 1. The molecule has 0 saturated heterocycles. The number of hydrogen-bond acceptors (Lipinski definition) is 4. The van der Waals surface area contributed by atoms with Gasteiger partial charge in [-0.25, -0.2) is 9.97 Å². The summed E-state index contributed by atoms with van der Waals surface area (Å²) < 4.78 is 11.5. The van der Waals surface area contributed by atoms with Crippen molar-refractivity contribution in [3.05, 3.63) is 58.3 Å². The molecule has 1 aromatic heterocycles. The van der Waals surface area contributed by atoms with Crippen LogP contribution in [0.15, 0.2) is 42.7 Å². The minimum Gasteiger partial charge on any atom is -0.490 e. The average molecular weight is 377 g/mol. The van der Waals surface area contributed by atoms with Gasteiger partial charge in [0, 0.05) is 0 Å². The van der Waals surface area contributed by atoms with Crippen LogP contribution in [0.1, 0.15) is 18.4 Å². The van der Waals surface area contributed by atoms with Crippen molar-refractivity contribution >= 4 is 34.1 Å². The van der Waals surface area contributed by atoms with Gasteiger partial charge in [0.2, 0.25) is 5.88 Å². The minimum atomic E-state index is 0.524. The number of benzene rings is 2. The van der Waals surface area contributed by atoms with Crippen molar-refractivity contribution in [2.45, 2.75) is 19.8 Å².